The minimum atomic E-state index is -0.748. The minimum Gasteiger partial charge on any atom is -0.459 e. The molecule has 2 atom stereocenters. The fourth-order valence-corrected chi connectivity index (χ4v) is 2.21. The quantitative estimate of drug-likeness (QED) is 0.766. The molecule has 1 amide bonds. The number of hydrogen-bond donors (Lipinski definition) is 1. The molecule has 5 heteroatoms. The second-order valence-electron chi connectivity index (χ2n) is 5.71. The molecule has 104 valence electrons. The molecule has 2 N–H and O–H groups in total. The predicted molar refractivity (Wildman–Crippen MR) is 68.8 cm³/mol. The van der Waals surface area contributed by atoms with Gasteiger partial charge in [0.05, 0.1) is 6.04 Å². The van der Waals surface area contributed by atoms with Gasteiger partial charge in [0.25, 0.3) is 0 Å². The fraction of sp³-hybridized carbons (Fsp3) is 0.846. The lowest BCUT2D eigenvalue weighted by Gasteiger charge is -2.30. The fourth-order valence-electron chi connectivity index (χ4n) is 2.21. The number of carbonyl (C=O) groups excluding carboxylic acids is 2. The molecule has 1 heterocycles. The Morgan fingerprint density at radius 2 is 2.06 bits per heavy atom. The Morgan fingerprint density at radius 3 is 2.56 bits per heavy atom. The maximum absolute atomic E-state index is 11.9. The second kappa shape index (κ2) is 5.69. The van der Waals surface area contributed by atoms with E-state index >= 15 is 0 Å². The highest BCUT2D eigenvalue weighted by Crippen LogP contribution is 2.22. The molecule has 0 aromatic heterocycles. The maximum Gasteiger partial charge on any atom is 0.325 e. The zero-order valence-electron chi connectivity index (χ0n) is 11.7. The van der Waals surface area contributed by atoms with Crippen molar-refractivity contribution in [3.63, 3.8) is 0 Å². The molecule has 1 aliphatic rings. The molecule has 0 aliphatic carbocycles. The largest absolute Gasteiger partial charge is 0.459 e. The molecule has 5 nitrogen and oxygen atoms in total. The van der Waals surface area contributed by atoms with Gasteiger partial charge in [-0.3, -0.25) is 9.59 Å². The Bertz CT molecular complexity index is 323. The lowest BCUT2D eigenvalue weighted by molar-refractivity contribution is -0.158. The number of rotatable bonds is 3. The topological polar surface area (TPSA) is 72.6 Å². The van der Waals surface area contributed by atoms with E-state index in [4.69, 9.17) is 10.5 Å². The van der Waals surface area contributed by atoms with E-state index in [0.717, 1.165) is 12.8 Å². The Balaban J connectivity index is 2.68. The van der Waals surface area contributed by atoms with Crippen molar-refractivity contribution < 1.29 is 14.3 Å². The lowest BCUT2D eigenvalue weighted by atomic mass is 10.1. The van der Waals surface area contributed by atoms with Crippen LogP contribution in [0, 0.1) is 0 Å². The SMILES string of the molecule is CCC(=O)N1CCCC1C(N)C(=O)OC(C)(C)C. The number of hydrogen-bond acceptors (Lipinski definition) is 4. The number of amides is 1. The zero-order valence-corrected chi connectivity index (χ0v) is 11.7. The minimum absolute atomic E-state index is 0.0523. The molecular weight excluding hydrogens is 232 g/mol. The van der Waals surface area contributed by atoms with Gasteiger partial charge >= 0.3 is 5.97 Å². The van der Waals surface area contributed by atoms with E-state index in [-0.39, 0.29) is 11.9 Å². The normalized spacial score (nSPS) is 21.8. The van der Waals surface area contributed by atoms with Crippen molar-refractivity contribution in [1.29, 1.82) is 0 Å². The van der Waals surface area contributed by atoms with Crippen molar-refractivity contribution >= 4 is 11.9 Å². The molecule has 2 unspecified atom stereocenters. The van der Waals surface area contributed by atoms with Crippen LogP contribution in [0.15, 0.2) is 0 Å². The van der Waals surface area contributed by atoms with Crippen LogP contribution in [-0.4, -0.2) is 41.0 Å². The van der Waals surface area contributed by atoms with Gasteiger partial charge in [-0.05, 0) is 33.6 Å². The summed E-state index contributed by atoms with van der Waals surface area (Å²) in [6.45, 7) is 7.92. The Hall–Kier alpha value is -1.10. The summed E-state index contributed by atoms with van der Waals surface area (Å²) in [5.41, 5.74) is 5.40. The van der Waals surface area contributed by atoms with E-state index in [1.54, 1.807) is 25.7 Å². The van der Waals surface area contributed by atoms with E-state index in [2.05, 4.69) is 0 Å². The van der Waals surface area contributed by atoms with Gasteiger partial charge in [-0.25, -0.2) is 0 Å². The van der Waals surface area contributed by atoms with Gasteiger partial charge in [0.15, 0.2) is 0 Å². The second-order valence-corrected chi connectivity index (χ2v) is 5.71. The Labute approximate surface area is 109 Å². The third-order valence-corrected chi connectivity index (χ3v) is 3.02. The number of nitrogens with zero attached hydrogens (tertiary/aromatic N) is 1. The molecule has 0 bridgehead atoms. The molecule has 0 spiro atoms. The average Bonchev–Trinajstić information content (AvgIpc) is 2.73. The van der Waals surface area contributed by atoms with E-state index in [1.165, 1.54) is 0 Å². The molecule has 1 saturated heterocycles. The Morgan fingerprint density at radius 1 is 1.44 bits per heavy atom. The molecular formula is C13H24N2O3. The lowest BCUT2D eigenvalue weighted by Crippen LogP contribution is -2.52. The summed E-state index contributed by atoms with van der Waals surface area (Å²) in [4.78, 5) is 25.4. The first-order chi connectivity index (χ1) is 8.26. The van der Waals surface area contributed by atoms with Crippen LogP contribution in [0.4, 0.5) is 0 Å². The highest BCUT2D eigenvalue weighted by Gasteiger charge is 2.37. The predicted octanol–water partition coefficient (Wildman–Crippen LogP) is 1.06. The van der Waals surface area contributed by atoms with Gasteiger partial charge < -0.3 is 15.4 Å². The number of esters is 1. The van der Waals surface area contributed by atoms with Gasteiger partial charge in [-0.15, -0.1) is 0 Å². The van der Waals surface area contributed by atoms with Crippen molar-refractivity contribution in [3.8, 4) is 0 Å². The van der Waals surface area contributed by atoms with Crippen molar-refractivity contribution in [2.45, 2.75) is 64.6 Å². The van der Waals surface area contributed by atoms with Crippen LogP contribution >= 0.6 is 0 Å². The number of likely N-dealkylation sites (tertiary alicyclic amines) is 1. The Kier molecular flexibility index (Phi) is 4.73. The molecule has 1 fully saturated rings. The number of nitrogens with two attached hydrogens (primary N) is 1. The maximum atomic E-state index is 11.9. The monoisotopic (exact) mass is 256 g/mol. The number of ether oxygens (including phenoxy) is 1. The van der Waals surface area contributed by atoms with Gasteiger partial charge in [-0.1, -0.05) is 6.92 Å². The van der Waals surface area contributed by atoms with Crippen LogP contribution in [0.1, 0.15) is 47.0 Å². The van der Waals surface area contributed by atoms with Crippen LogP contribution in [0.5, 0.6) is 0 Å². The van der Waals surface area contributed by atoms with Gasteiger partial charge in [0.2, 0.25) is 5.91 Å². The standard InChI is InChI=1S/C13H24N2O3/c1-5-10(16)15-8-6-7-9(15)11(14)12(17)18-13(2,3)4/h9,11H,5-8,14H2,1-4H3. The molecule has 1 aliphatic heterocycles. The summed E-state index contributed by atoms with van der Waals surface area (Å²) < 4.78 is 5.27. The van der Waals surface area contributed by atoms with E-state index in [0.29, 0.717) is 13.0 Å². The van der Waals surface area contributed by atoms with E-state index in [1.807, 2.05) is 6.92 Å². The first-order valence-corrected chi connectivity index (χ1v) is 6.54. The third-order valence-electron chi connectivity index (χ3n) is 3.02. The highest BCUT2D eigenvalue weighted by atomic mass is 16.6. The van der Waals surface area contributed by atoms with Crippen LogP contribution < -0.4 is 5.73 Å². The molecule has 1 rings (SSSR count). The summed E-state index contributed by atoms with van der Waals surface area (Å²) in [5.74, 6) is -0.375. The van der Waals surface area contributed by atoms with Crippen LogP contribution in [-0.2, 0) is 14.3 Å². The average molecular weight is 256 g/mol. The van der Waals surface area contributed by atoms with E-state index < -0.39 is 17.6 Å². The highest BCUT2D eigenvalue weighted by molar-refractivity contribution is 5.80. The molecule has 0 aromatic carbocycles. The van der Waals surface area contributed by atoms with Crippen LogP contribution in [0.2, 0.25) is 0 Å². The van der Waals surface area contributed by atoms with Gasteiger partial charge in [-0.2, -0.15) is 0 Å². The molecule has 18 heavy (non-hydrogen) atoms. The summed E-state index contributed by atoms with van der Waals surface area (Å²) in [6, 6.07) is -0.963. The van der Waals surface area contributed by atoms with Gasteiger partial charge in [0, 0.05) is 13.0 Å². The molecule has 0 saturated carbocycles. The van der Waals surface area contributed by atoms with Crippen molar-refractivity contribution in [2.24, 2.45) is 5.73 Å². The smallest absolute Gasteiger partial charge is 0.325 e. The number of carbonyl (C=O) groups is 2. The molecule has 0 radical (unpaired) electrons. The molecule has 0 aromatic rings. The van der Waals surface area contributed by atoms with Crippen molar-refractivity contribution in [1.82, 2.24) is 4.90 Å². The first kappa shape index (κ1) is 15.0. The summed E-state index contributed by atoms with van der Waals surface area (Å²) in [5, 5.41) is 0. The van der Waals surface area contributed by atoms with Gasteiger partial charge in [0.1, 0.15) is 11.6 Å². The van der Waals surface area contributed by atoms with Crippen molar-refractivity contribution in [3.05, 3.63) is 0 Å². The van der Waals surface area contributed by atoms with Crippen LogP contribution in [0.25, 0.3) is 0 Å². The van der Waals surface area contributed by atoms with E-state index in [9.17, 15) is 9.59 Å². The summed E-state index contributed by atoms with van der Waals surface area (Å²) in [7, 11) is 0. The van der Waals surface area contributed by atoms with Crippen LogP contribution in [0.3, 0.4) is 0 Å². The summed E-state index contributed by atoms with van der Waals surface area (Å²) >= 11 is 0. The zero-order chi connectivity index (χ0) is 13.9. The summed E-state index contributed by atoms with van der Waals surface area (Å²) in [6.07, 6.45) is 2.11. The first-order valence-electron chi connectivity index (χ1n) is 6.54. The third kappa shape index (κ3) is 3.70. The van der Waals surface area contributed by atoms with Crippen molar-refractivity contribution in [2.75, 3.05) is 6.54 Å².